The summed E-state index contributed by atoms with van der Waals surface area (Å²) >= 11 is 0. The van der Waals surface area contributed by atoms with Crippen molar-refractivity contribution in [3.05, 3.63) is 36.5 Å². The van der Waals surface area contributed by atoms with Gasteiger partial charge in [0.25, 0.3) is 0 Å². The number of allylic oxidation sites excluding steroid dienone is 6. The number of rotatable bonds is 51. The van der Waals surface area contributed by atoms with E-state index in [0.717, 1.165) is 83.5 Å². The van der Waals surface area contributed by atoms with Crippen LogP contribution < -0.4 is 0 Å². The van der Waals surface area contributed by atoms with Gasteiger partial charge in [-0.2, -0.15) is 0 Å². The van der Waals surface area contributed by atoms with Gasteiger partial charge in [-0.25, -0.2) is 0 Å². The monoisotopic (exact) mass is 899 g/mol. The van der Waals surface area contributed by atoms with Crippen LogP contribution in [0.4, 0.5) is 0 Å². The molecule has 1 atom stereocenters. The van der Waals surface area contributed by atoms with Crippen LogP contribution in [-0.2, 0) is 28.6 Å². The summed E-state index contributed by atoms with van der Waals surface area (Å²) < 4.78 is 16.8. The van der Waals surface area contributed by atoms with Gasteiger partial charge in [0.05, 0.1) is 0 Å². The van der Waals surface area contributed by atoms with Crippen molar-refractivity contribution in [2.24, 2.45) is 0 Å². The van der Waals surface area contributed by atoms with E-state index in [1.807, 2.05) is 0 Å². The van der Waals surface area contributed by atoms with Crippen molar-refractivity contribution in [1.29, 1.82) is 0 Å². The Kier molecular flexibility index (Phi) is 51.3. The molecule has 0 amide bonds. The molecule has 374 valence electrons. The van der Waals surface area contributed by atoms with Gasteiger partial charge in [-0.05, 0) is 70.6 Å². The highest BCUT2D eigenvalue weighted by molar-refractivity contribution is 5.71. The maximum Gasteiger partial charge on any atom is 0.306 e. The third-order valence-electron chi connectivity index (χ3n) is 12.4. The van der Waals surface area contributed by atoms with Gasteiger partial charge in [-0.15, -0.1) is 0 Å². The fraction of sp³-hybridized carbons (Fsp3) is 0.845. The van der Waals surface area contributed by atoms with Crippen LogP contribution in [0.2, 0.25) is 0 Å². The summed E-state index contributed by atoms with van der Waals surface area (Å²) in [4.78, 5) is 38.0. The van der Waals surface area contributed by atoms with Crippen molar-refractivity contribution in [2.45, 2.75) is 303 Å². The molecule has 0 aliphatic carbocycles. The van der Waals surface area contributed by atoms with Gasteiger partial charge in [0.15, 0.2) is 6.10 Å². The van der Waals surface area contributed by atoms with E-state index in [1.54, 1.807) is 0 Å². The van der Waals surface area contributed by atoms with E-state index < -0.39 is 6.10 Å². The molecule has 0 saturated heterocycles. The van der Waals surface area contributed by atoms with Gasteiger partial charge in [0, 0.05) is 19.3 Å². The molecule has 0 aliphatic heterocycles. The first-order valence-electron chi connectivity index (χ1n) is 28.0. The summed E-state index contributed by atoms with van der Waals surface area (Å²) in [5.74, 6) is -0.890. The van der Waals surface area contributed by atoms with Gasteiger partial charge in [-0.1, -0.05) is 243 Å². The summed E-state index contributed by atoms with van der Waals surface area (Å²) in [6, 6.07) is 0. The van der Waals surface area contributed by atoms with Crippen LogP contribution in [0.1, 0.15) is 297 Å². The number of unbranched alkanes of at least 4 members (excludes halogenated alkanes) is 35. The Morgan fingerprint density at radius 2 is 0.562 bits per heavy atom. The van der Waals surface area contributed by atoms with Crippen molar-refractivity contribution >= 4 is 17.9 Å². The standard InChI is InChI=1S/C58H106O6/c1-4-7-10-13-16-19-22-24-26-28-30-32-34-36-39-42-45-48-51-57(60)63-54-55(53-62-56(59)50-47-44-41-38-21-18-15-12-9-6-3)64-58(61)52-49-46-43-40-37-35-33-31-29-27-25-23-20-17-14-11-8-5-2/h26,28,30-33,55H,4-25,27,29,34-54H2,1-3H3/b28-26-,32-30-,33-31-. The number of carbonyl (C=O) groups excluding carboxylic acids is 3. The number of ether oxygens (including phenoxy) is 3. The topological polar surface area (TPSA) is 78.9 Å². The first kappa shape index (κ1) is 61.6. The summed E-state index contributed by atoms with van der Waals surface area (Å²) in [5, 5.41) is 0. The number of carbonyl (C=O) groups is 3. The molecule has 0 bridgehead atoms. The van der Waals surface area contributed by atoms with E-state index in [-0.39, 0.29) is 31.1 Å². The number of hydrogen-bond donors (Lipinski definition) is 0. The molecular weight excluding hydrogens is 793 g/mol. The normalized spacial score (nSPS) is 12.2. The van der Waals surface area contributed by atoms with Crippen LogP contribution in [0.15, 0.2) is 36.5 Å². The Hall–Kier alpha value is -2.37. The second kappa shape index (κ2) is 53.2. The molecule has 6 nitrogen and oxygen atoms in total. The van der Waals surface area contributed by atoms with E-state index in [4.69, 9.17) is 14.2 Å². The lowest BCUT2D eigenvalue weighted by Crippen LogP contribution is -2.30. The zero-order valence-corrected chi connectivity index (χ0v) is 42.8. The lowest BCUT2D eigenvalue weighted by Gasteiger charge is -2.18. The van der Waals surface area contributed by atoms with Crippen molar-refractivity contribution in [2.75, 3.05) is 13.2 Å². The van der Waals surface area contributed by atoms with E-state index in [1.165, 1.54) is 173 Å². The Balaban J connectivity index is 4.34. The van der Waals surface area contributed by atoms with Gasteiger partial charge in [0.2, 0.25) is 0 Å². The number of hydrogen-bond acceptors (Lipinski definition) is 6. The molecule has 0 fully saturated rings. The van der Waals surface area contributed by atoms with Crippen LogP contribution in [0.5, 0.6) is 0 Å². The van der Waals surface area contributed by atoms with Crippen molar-refractivity contribution in [1.82, 2.24) is 0 Å². The Bertz CT molecular complexity index is 1080. The summed E-state index contributed by atoms with van der Waals surface area (Å²) in [5.41, 5.74) is 0. The molecule has 0 spiro atoms. The van der Waals surface area contributed by atoms with Crippen LogP contribution in [0, 0.1) is 0 Å². The van der Waals surface area contributed by atoms with Crippen LogP contribution in [-0.4, -0.2) is 37.2 Å². The van der Waals surface area contributed by atoms with Crippen LogP contribution >= 0.6 is 0 Å². The lowest BCUT2D eigenvalue weighted by molar-refractivity contribution is -0.167. The average Bonchev–Trinajstić information content (AvgIpc) is 3.29. The third kappa shape index (κ3) is 50.6. The van der Waals surface area contributed by atoms with Gasteiger partial charge < -0.3 is 14.2 Å². The van der Waals surface area contributed by atoms with E-state index in [2.05, 4.69) is 57.2 Å². The minimum absolute atomic E-state index is 0.0777. The molecule has 0 radical (unpaired) electrons. The quantitative estimate of drug-likeness (QED) is 0.0199. The fourth-order valence-corrected chi connectivity index (χ4v) is 8.14. The van der Waals surface area contributed by atoms with Gasteiger partial charge in [0.1, 0.15) is 13.2 Å². The molecule has 0 rings (SSSR count). The first-order chi connectivity index (χ1) is 31.5. The molecule has 0 heterocycles. The predicted octanol–water partition coefficient (Wildman–Crippen LogP) is 18.5. The Labute approximate surface area is 397 Å². The maximum atomic E-state index is 12.8. The third-order valence-corrected chi connectivity index (χ3v) is 12.4. The van der Waals surface area contributed by atoms with Crippen LogP contribution in [0.25, 0.3) is 0 Å². The molecule has 0 N–H and O–H groups in total. The molecule has 0 aromatic rings. The van der Waals surface area contributed by atoms with E-state index in [0.29, 0.717) is 19.3 Å². The molecule has 0 aliphatic rings. The molecule has 64 heavy (non-hydrogen) atoms. The van der Waals surface area contributed by atoms with Gasteiger partial charge in [-0.3, -0.25) is 14.4 Å². The number of esters is 3. The Morgan fingerprint density at radius 1 is 0.312 bits per heavy atom. The van der Waals surface area contributed by atoms with E-state index >= 15 is 0 Å². The summed E-state index contributed by atoms with van der Waals surface area (Å²) in [6.07, 6.45) is 62.8. The lowest BCUT2D eigenvalue weighted by atomic mass is 10.1. The van der Waals surface area contributed by atoms with Crippen LogP contribution in [0.3, 0.4) is 0 Å². The minimum atomic E-state index is -0.779. The van der Waals surface area contributed by atoms with Crippen molar-refractivity contribution in [3.63, 3.8) is 0 Å². The smallest absolute Gasteiger partial charge is 0.306 e. The zero-order chi connectivity index (χ0) is 46.5. The highest BCUT2D eigenvalue weighted by atomic mass is 16.6. The molecule has 0 aromatic carbocycles. The SMILES string of the molecule is CCCCCCCCC/C=C\C=C/CCCCCCCC(=O)OCC(COC(=O)CCCCCCCCCCCC)OC(=O)CCCCCCC/C=C\CCCCCCCCCCC. The second-order valence-electron chi connectivity index (χ2n) is 18.9. The molecule has 0 saturated carbocycles. The fourth-order valence-electron chi connectivity index (χ4n) is 8.14. The molecule has 0 aromatic heterocycles. The molecule has 6 heteroatoms. The van der Waals surface area contributed by atoms with E-state index in [9.17, 15) is 14.4 Å². The van der Waals surface area contributed by atoms with Crippen molar-refractivity contribution < 1.29 is 28.6 Å². The predicted molar refractivity (Wildman–Crippen MR) is 275 cm³/mol. The maximum absolute atomic E-state index is 12.8. The average molecular weight is 899 g/mol. The highest BCUT2D eigenvalue weighted by Crippen LogP contribution is 2.15. The molecular formula is C58H106O6. The Morgan fingerprint density at radius 3 is 0.875 bits per heavy atom. The first-order valence-corrected chi connectivity index (χ1v) is 28.0. The summed E-state index contributed by atoms with van der Waals surface area (Å²) in [6.45, 7) is 6.63. The van der Waals surface area contributed by atoms with Crippen molar-refractivity contribution in [3.8, 4) is 0 Å². The zero-order valence-electron chi connectivity index (χ0n) is 42.8. The van der Waals surface area contributed by atoms with Gasteiger partial charge >= 0.3 is 17.9 Å². The minimum Gasteiger partial charge on any atom is -0.462 e. The second-order valence-corrected chi connectivity index (χ2v) is 18.9. The molecule has 1 unspecified atom stereocenters. The highest BCUT2D eigenvalue weighted by Gasteiger charge is 2.19. The summed E-state index contributed by atoms with van der Waals surface area (Å²) in [7, 11) is 0. The largest absolute Gasteiger partial charge is 0.462 e.